The minimum absolute atomic E-state index is 0.0740. The van der Waals surface area contributed by atoms with Gasteiger partial charge < -0.3 is 16.2 Å². The Balaban J connectivity index is 2.01. The topological polar surface area (TPSA) is 92.4 Å². The maximum absolute atomic E-state index is 12.6. The second-order valence-corrected chi connectivity index (χ2v) is 8.03. The van der Waals surface area contributed by atoms with Crippen molar-refractivity contribution in [3.63, 3.8) is 0 Å². The molecule has 25 heavy (non-hydrogen) atoms. The third-order valence-corrected chi connectivity index (χ3v) is 6.10. The number of thiophene rings is 1. The minimum atomic E-state index is -0.636. The van der Waals surface area contributed by atoms with Gasteiger partial charge in [-0.25, -0.2) is 0 Å². The summed E-state index contributed by atoms with van der Waals surface area (Å²) in [6.07, 6.45) is -0.636. The molecule has 2 amide bonds. The van der Waals surface area contributed by atoms with Crippen molar-refractivity contribution in [2.24, 2.45) is 11.7 Å². The highest BCUT2D eigenvalue weighted by atomic mass is 32.2. The van der Waals surface area contributed by atoms with Crippen LogP contribution in [0.4, 0.5) is 5.00 Å². The van der Waals surface area contributed by atoms with Gasteiger partial charge in [0.15, 0.2) is 0 Å². The molecule has 0 aliphatic heterocycles. The van der Waals surface area contributed by atoms with Crippen molar-refractivity contribution >= 4 is 39.9 Å². The standard InChI is InChI=1S/C18H22N2O3S2/c1-11(2)15(25-10-14(21)12-6-4-3-5-7-12)17(23)20-18-13(16(19)22)8-9-24-18/h3-9,11,14-15,21H,10H2,1-2H3,(H2,19,22)(H,20,23). The number of nitrogens with one attached hydrogen (secondary N) is 1. The summed E-state index contributed by atoms with van der Waals surface area (Å²) in [5, 5.41) is 14.9. The second-order valence-electron chi connectivity index (χ2n) is 5.94. The highest BCUT2D eigenvalue weighted by molar-refractivity contribution is 8.00. The zero-order chi connectivity index (χ0) is 18.4. The summed E-state index contributed by atoms with van der Waals surface area (Å²) in [7, 11) is 0. The third-order valence-electron chi connectivity index (χ3n) is 3.65. The average molecular weight is 379 g/mol. The molecular formula is C18H22N2O3S2. The Kier molecular flexibility index (Phi) is 7.04. The molecule has 1 aromatic heterocycles. The summed E-state index contributed by atoms with van der Waals surface area (Å²) in [6, 6.07) is 11.0. The molecule has 5 nitrogen and oxygen atoms in total. The lowest BCUT2D eigenvalue weighted by molar-refractivity contribution is -0.116. The molecule has 1 heterocycles. The lowest BCUT2D eigenvalue weighted by Crippen LogP contribution is -2.31. The minimum Gasteiger partial charge on any atom is -0.388 e. The van der Waals surface area contributed by atoms with Crippen LogP contribution in [0.1, 0.15) is 35.9 Å². The van der Waals surface area contributed by atoms with Crippen LogP contribution >= 0.6 is 23.1 Å². The van der Waals surface area contributed by atoms with Crippen molar-refractivity contribution in [1.82, 2.24) is 0 Å². The Morgan fingerprint density at radius 2 is 1.92 bits per heavy atom. The maximum Gasteiger partial charge on any atom is 0.251 e. The zero-order valence-electron chi connectivity index (χ0n) is 14.1. The molecule has 134 valence electrons. The Hall–Kier alpha value is -1.83. The Morgan fingerprint density at radius 1 is 1.24 bits per heavy atom. The summed E-state index contributed by atoms with van der Waals surface area (Å²) >= 11 is 2.67. The van der Waals surface area contributed by atoms with Gasteiger partial charge in [0.2, 0.25) is 5.91 Å². The van der Waals surface area contributed by atoms with E-state index in [1.807, 2.05) is 44.2 Å². The molecule has 7 heteroatoms. The van der Waals surface area contributed by atoms with E-state index in [9.17, 15) is 14.7 Å². The molecule has 0 radical (unpaired) electrons. The highest BCUT2D eigenvalue weighted by Gasteiger charge is 2.25. The van der Waals surface area contributed by atoms with E-state index in [4.69, 9.17) is 5.73 Å². The molecule has 0 aliphatic rings. The normalized spacial score (nSPS) is 13.4. The molecule has 2 unspecified atom stereocenters. The summed E-state index contributed by atoms with van der Waals surface area (Å²) in [5.41, 5.74) is 6.45. The van der Waals surface area contributed by atoms with Crippen LogP contribution in [0.15, 0.2) is 41.8 Å². The Bertz CT molecular complexity index is 716. The second kappa shape index (κ2) is 9.03. The van der Waals surface area contributed by atoms with Crippen molar-refractivity contribution in [1.29, 1.82) is 0 Å². The fraction of sp³-hybridized carbons (Fsp3) is 0.333. The van der Waals surface area contributed by atoms with E-state index in [2.05, 4.69) is 5.32 Å². The van der Waals surface area contributed by atoms with Crippen molar-refractivity contribution in [2.75, 3.05) is 11.1 Å². The molecule has 0 saturated heterocycles. The zero-order valence-corrected chi connectivity index (χ0v) is 15.8. The molecule has 0 saturated carbocycles. The number of aliphatic hydroxyl groups is 1. The monoisotopic (exact) mass is 378 g/mol. The molecule has 0 aliphatic carbocycles. The van der Waals surface area contributed by atoms with E-state index in [0.29, 0.717) is 16.3 Å². The SMILES string of the molecule is CC(C)C(SCC(O)c1ccccc1)C(=O)Nc1sccc1C(N)=O. The molecule has 0 spiro atoms. The van der Waals surface area contributed by atoms with Crippen LogP contribution in [0.25, 0.3) is 0 Å². The van der Waals surface area contributed by atoms with Crippen LogP contribution in [0.5, 0.6) is 0 Å². The number of amides is 2. The highest BCUT2D eigenvalue weighted by Crippen LogP contribution is 2.29. The Morgan fingerprint density at radius 3 is 2.52 bits per heavy atom. The van der Waals surface area contributed by atoms with Crippen LogP contribution in [0, 0.1) is 5.92 Å². The average Bonchev–Trinajstić information content (AvgIpc) is 3.03. The van der Waals surface area contributed by atoms with Crippen molar-refractivity contribution in [3.05, 3.63) is 52.9 Å². The summed E-state index contributed by atoms with van der Waals surface area (Å²) < 4.78 is 0. The number of thioether (sulfide) groups is 1. The van der Waals surface area contributed by atoms with Gasteiger partial charge in [-0.15, -0.1) is 23.1 Å². The number of aliphatic hydroxyl groups excluding tert-OH is 1. The molecule has 0 bridgehead atoms. The Labute approximate surface area is 155 Å². The predicted molar refractivity (Wildman–Crippen MR) is 104 cm³/mol. The van der Waals surface area contributed by atoms with Crippen LogP contribution < -0.4 is 11.1 Å². The van der Waals surface area contributed by atoms with E-state index >= 15 is 0 Å². The van der Waals surface area contributed by atoms with E-state index in [-0.39, 0.29) is 17.1 Å². The van der Waals surface area contributed by atoms with Gasteiger partial charge in [-0.05, 0) is 22.9 Å². The smallest absolute Gasteiger partial charge is 0.251 e. The number of anilines is 1. The van der Waals surface area contributed by atoms with Crippen molar-refractivity contribution in [3.8, 4) is 0 Å². The molecular weight excluding hydrogens is 356 g/mol. The van der Waals surface area contributed by atoms with Gasteiger partial charge in [0.25, 0.3) is 5.91 Å². The van der Waals surface area contributed by atoms with E-state index in [1.54, 1.807) is 11.4 Å². The number of hydrogen-bond acceptors (Lipinski definition) is 5. The first-order chi connectivity index (χ1) is 11.9. The van der Waals surface area contributed by atoms with Crippen LogP contribution in [0.3, 0.4) is 0 Å². The lowest BCUT2D eigenvalue weighted by atomic mass is 10.1. The third kappa shape index (κ3) is 5.32. The quantitative estimate of drug-likeness (QED) is 0.657. The molecule has 2 atom stereocenters. The van der Waals surface area contributed by atoms with Gasteiger partial charge in [0.05, 0.1) is 16.9 Å². The largest absolute Gasteiger partial charge is 0.388 e. The van der Waals surface area contributed by atoms with E-state index < -0.39 is 12.0 Å². The first-order valence-electron chi connectivity index (χ1n) is 7.93. The molecule has 4 N–H and O–H groups in total. The van der Waals surface area contributed by atoms with Crippen molar-refractivity contribution in [2.45, 2.75) is 25.2 Å². The van der Waals surface area contributed by atoms with E-state index in [1.165, 1.54) is 23.1 Å². The van der Waals surface area contributed by atoms with Gasteiger partial charge in [-0.1, -0.05) is 44.2 Å². The predicted octanol–water partition coefficient (Wildman–Crippen LogP) is 3.28. The fourth-order valence-corrected chi connectivity index (χ4v) is 4.29. The number of nitrogens with two attached hydrogens (primary N) is 1. The van der Waals surface area contributed by atoms with Crippen LogP contribution in [-0.4, -0.2) is 27.9 Å². The van der Waals surface area contributed by atoms with E-state index in [0.717, 1.165) is 5.56 Å². The number of primary amides is 1. The van der Waals surface area contributed by atoms with Gasteiger partial charge in [0, 0.05) is 5.75 Å². The first kappa shape index (κ1) is 19.5. The number of carbonyl (C=O) groups is 2. The molecule has 2 rings (SSSR count). The van der Waals surface area contributed by atoms with Gasteiger partial charge in [-0.3, -0.25) is 9.59 Å². The maximum atomic E-state index is 12.6. The fourth-order valence-electron chi connectivity index (χ4n) is 2.32. The summed E-state index contributed by atoms with van der Waals surface area (Å²) in [5.74, 6) is -0.270. The summed E-state index contributed by atoms with van der Waals surface area (Å²) in [4.78, 5) is 24.0. The van der Waals surface area contributed by atoms with Crippen molar-refractivity contribution < 1.29 is 14.7 Å². The summed E-state index contributed by atoms with van der Waals surface area (Å²) in [6.45, 7) is 3.91. The van der Waals surface area contributed by atoms with Crippen LogP contribution in [-0.2, 0) is 4.79 Å². The van der Waals surface area contributed by atoms with Gasteiger partial charge in [0.1, 0.15) is 5.00 Å². The van der Waals surface area contributed by atoms with Crippen LogP contribution in [0.2, 0.25) is 0 Å². The molecule has 1 aromatic carbocycles. The number of carbonyl (C=O) groups excluding carboxylic acids is 2. The van der Waals surface area contributed by atoms with Gasteiger partial charge >= 0.3 is 0 Å². The number of benzene rings is 1. The lowest BCUT2D eigenvalue weighted by Gasteiger charge is -2.21. The first-order valence-corrected chi connectivity index (χ1v) is 9.85. The molecule has 2 aromatic rings. The number of rotatable bonds is 8. The molecule has 0 fully saturated rings. The number of hydrogen-bond donors (Lipinski definition) is 3. The van der Waals surface area contributed by atoms with Gasteiger partial charge in [-0.2, -0.15) is 0 Å².